The number of imidazole rings is 1. The maximum atomic E-state index is 13.1. The molecule has 3 rings (SSSR count). The molecule has 0 saturated heterocycles. The minimum atomic E-state index is -4.44. The van der Waals surface area contributed by atoms with Crippen molar-refractivity contribution in [2.45, 2.75) is 6.18 Å². The predicted molar refractivity (Wildman–Crippen MR) is 74.2 cm³/mol. The van der Waals surface area contributed by atoms with Crippen LogP contribution < -0.4 is 0 Å². The summed E-state index contributed by atoms with van der Waals surface area (Å²) in [6, 6.07) is 7.24. The highest BCUT2D eigenvalue weighted by molar-refractivity contribution is 9.10. The lowest BCUT2D eigenvalue weighted by Gasteiger charge is -2.09. The zero-order chi connectivity index (χ0) is 15.2. The summed E-state index contributed by atoms with van der Waals surface area (Å²) in [6.45, 7) is 0. The van der Waals surface area contributed by atoms with Gasteiger partial charge in [-0.3, -0.25) is 0 Å². The Morgan fingerprint density at radius 1 is 1.05 bits per heavy atom. The van der Waals surface area contributed by atoms with Crippen molar-refractivity contribution >= 4 is 27.0 Å². The van der Waals surface area contributed by atoms with E-state index in [9.17, 15) is 17.6 Å². The summed E-state index contributed by atoms with van der Waals surface area (Å²) >= 11 is 3.20. The van der Waals surface area contributed by atoms with Gasteiger partial charge in [-0.1, -0.05) is 15.9 Å². The van der Waals surface area contributed by atoms with E-state index in [1.165, 1.54) is 24.3 Å². The van der Waals surface area contributed by atoms with E-state index in [1.54, 1.807) is 0 Å². The molecule has 2 aromatic carbocycles. The number of benzene rings is 2. The highest BCUT2D eigenvalue weighted by Gasteiger charge is 2.31. The Labute approximate surface area is 124 Å². The summed E-state index contributed by atoms with van der Waals surface area (Å²) in [7, 11) is 0. The second-order valence-corrected chi connectivity index (χ2v) is 5.29. The maximum absolute atomic E-state index is 13.1. The number of alkyl halides is 3. The van der Waals surface area contributed by atoms with Crippen LogP contribution in [0.3, 0.4) is 0 Å². The standard InChI is InChI=1S/C14H7BrF4N2/c15-10-3-1-7(14(17,18)19)5-9(10)13-20-11-4-2-8(16)6-12(11)21-13/h1-6H,(H,20,21). The van der Waals surface area contributed by atoms with Gasteiger partial charge >= 0.3 is 6.18 Å². The molecule has 0 unspecified atom stereocenters. The molecule has 2 nitrogen and oxygen atoms in total. The van der Waals surface area contributed by atoms with Gasteiger partial charge in [-0.15, -0.1) is 0 Å². The molecule has 1 aromatic heterocycles. The summed E-state index contributed by atoms with van der Waals surface area (Å²) in [6.07, 6.45) is -4.44. The number of nitrogens with zero attached hydrogens (tertiary/aromatic N) is 1. The van der Waals surface area contributed by atoms with Crippen molar-refractivity contribution in [1.82, 2.24) is 9.97 Å². The lowest BCUT2D eigenvalue weighted by atomic mass is 10.1. The van der Waals surface area contributed by atoms with Gasteiger partial charge < -0.3 is 4.98 Å². The third-order valence-electron chi connectivity index (χ3n) is 2.99. The molecule has 0 spiro atoms. The Morgan fingerprint density at radius 2 is 1.81 bits per heavy atom. The Balaban J connectivity index is 2.17. The third-order valence-corrected chi connectivity index (χ3v) is 3.68. The van der Waals surface area contributed by atoms with E-state index in [0.717, 1.165) is 12.1 Å². The van der Waals surface area contributed by atoms with E-state index < -0.39 is 17.6 Å². The van der Waals surface area contributed by atoms with Crippen LogP contribution in [0.1, 0.15) is 5.56 Å². The number of hydrogen-bond donors (Lipinski definition) is 1. The number of rotatable bonds is 1. The zero-order valence-corrected chi connectivity index (χ0v) is 11.9. The first-order chi connectivity index (χ1) is 9.84. The van der Waals surface area contributed by atoms with Gasteiger partial charge in [0.2, 0.25) is 0 Å². The monoisotopic (exact) mass is 358 g/mol. The lowest BCUT2D eigenvalue weighted by molar-refractivity contribution is -0.137. The van der Waals surface area contributed by atoms with Gasteiger partial charge in [0.15, 0.2) is 0 Å². The molecule has 3 aromatic rings. The quantitative estimate of drug-likeness (QED) is 0.598. The molecule has 1 N–H and O–H groups in total. The van der Waals surface area contributed by atoms with Crippen LogP contribution in [-0.4, -0.2) is 9.97 Å². The number of halogens is 5. The molecule has 0 amide bonds. The van der Waals surface area contributed by atoms with Gasteiger partial charge in [0.25, 0.3) is 0 Å². The smallest absolute Gasteiger partial charge is 0.338 e. The van der Waals surface area contributed by atoms with E-state index in [0.29, 0.717) is 15.5 Å². The molecule has 0 bridgehead atoms. The van der Waals surface area contributed by atoms with Gasteiger partial charge in [0.05, 0.1) is 16.6 Å². The zero-order valence-electron chi connectivity index (χ0n) is 10.3. The molecule has 0 atom stereocenters. The van der Waals surface area contributed by atoms with E-state index >= 15 is 0 Å². The van der Waals surface area contributed by atoms with Gasteiger partial charge in [-0.25, -0.2) is 9.37 Å². The van der Waals surface area contributed by atoms with Crippen LogP contribution in [0, 0.1) is 5.82 Å². The molecular weight excluding hydrogens is 352 g/mol. The summed E-state index contributed by atoms with van der Waals surface area (Å²) < 4.78 is 51.9. The Bertz CT molecular complexity index is 823. The summed E-state index contributed by atoms with van der Waals surface area (Å²) in [5.74, 6) is -0.200. The fourth-order valence-electron chi connectivity index (χ4n) is 1.99. The second-order valence-electron chi connectivity index (χ2n) is 4.44. The highest BCUT2D eigenvalue weighted by Crippen LogP contribution is 2.35. The van der Waals surface area contributed by atoms with Crippen molar-refractivity contribution in [2.75, 3.05) is 0 Å². The SMILES string of the molecule is Fc1ccc2nc(-c3cc(C(F)(F)F)ccc3Br)[nH]c2c1. The molecule has 21 heavy (non-hydrogen) atoms. The summed E-state index contributed by atoms with van der Waals surface area (Å²) in [5, 5.41) is 0. The highest BCUT2D eigenvalue weighted by atomic mass is 79.9. The normalized spacial score (nSPS) is 12.0. The van der Waals surface area contributed by atoms with Crippen LogP contribution >= 0.6 is 15.9 Å². The van der Waals surface area contributed by atoms with Crippen molar-refractivity contribution in [1.29, 1.82) is 0 Å². The fraction of sp³-hybridized carbons (Fsp3) is 0.0714. The molecule has 0 radical (unpaired) electrons. The molecule has 7 heteroatoms. The van der Waals surface area contributed by atoms with Gasteiger partial charge in [0.1, 0.15) is 11.6 Å². The minimum absolute atomic E-state index is 0.244. The van der Waals surface area contributed by atoms with Crippen molar-refractivity contribution in [3.8, 4) is 11.4 Å². The predicted octanol–water partition coefficient (Wildman–Crippen LogP) is 5.15. The van der Waals surface area contributed by atoms with Crippen molar-refractivity contribution < 1.29 is 17.6 Å². The Hall–Kier alpha value is -1.89. The van der Waals surface area contributed by atoms with E-state index in [1.807, 2.05) is 0 Å². The average molecular weight is 359 g/mol. The molecular formula is C14H7BrF4N2. The van der Waals surface area contributed by atoms with Crippen LogP contribution in [0.2, 0.25) is 0 Å². The largest absolute Gasteiger partial charge is 0.416 e. The number of hydrogen-bond acceptors (Lipinski definition) is 1. The van der Waals surface area contributed by atoms with Crippen molar-refractivity contribution in [3.63, 3.8) is 0 Å². The van der Waals surface area contributed by atoms with Crippen LogP contribution in [0.4, 0.5) is 17.6 Å². The third kappa shape index (κ3) is 2.65. The second kappa shape index (κ2) is 4.84. The summed E-state index contributed by atoms with van der Waals surface area (Å²) in [4.78, 5) is 7.01. The molecule has 108 valence electrons. The van der Waals surface area contributed by atoms with Crippen LogP contribution in [-0.2, 0) is 6.18 Å². The number of aromatic nitrogens is 2. The fourth-order valence-corrected chi connectivity index (χ4v) is 2.43. The molecule has 0 aliphatic rings. The first-order valence-corrected chi connectivity index (χ1v) is 6.66. The van der Waals surface area contributed by atoms with Crippen LogP contribution in [0.15, 0.2) is 40.9 Å². The van der Waals surface area contributed by atoms with Crippen molar-refractivity contribution in [2.24, 2.45) is 0 Å². The van der Waals surface area contributed by atoms with Crippen molar-refractivity contribution in [3.05, 3.63) is 52.3 Å². The van der Waals surface area contributed by atoms with E-state index in [2.05, 4.69) is 25.9 Å². The van der Waals surface area contributed by atoms with E-state index in [-0.39, 0.29) is 11.4 Å². The number of nitrogens with one attached hydrogen (secondary N) is 1. The molecule has 0 aliphatic carbocycles. The van der Waals surface area contributed by atoms with Gasteiger partial charge in [-0.05, 0) is 36.4 Å². The minimum Gasteiger partial charge on any atom is -0.338 e. The molecule has 0 fully saturated rings. The number of fused-ring (bicyclic) bond motifs is 1. The topological polar surface area (TPSA) is 28.7 Å². The van der Waals surface area contributed by atoms with Crippen LogP contribution in [0.25, 0.3) is 22.4 Å². The van der Waals surface area contributed by atoms with Crippen LogP contribution in [0.5, 0.6) is 0 Å². The Morgan fingerprint density at radius 3 is 2.52 bits per heavy atom. The van der Waals surface area contributed by atoms with Gasteiger partial charge in [-0.2, -0.15) is 13.2 Å². The average Bonchev–Trinajstić information content (AvgIpc) is 2.80. The lowest BCUT2D eigenvalue weighted by Crippen LogP contribution is -2.05. The Kier molecular flexibility index (Phi) is 3.24. The molecule has 0 aliphatic heterocycles. The van der Waals surface area contributed by atoms with Gasteiger partial charge in [0, 0.05) is 10.0 Å². The van der Waals surface area contributed by atoms with E-state index in [4.69, 9.17) is 0 Å². The summed E-state index contributed by atoms with van der Waals surface area (Å²) in [5.41, 5.74) is 0.402. The number of aromatic amines is 1. The first kappa shape index (κ1) is 14.1. The molecule has 0 saturated carbocycles. The maximum Gasteiger partial charge on any atom is 0.416 e. The number of H-pyrrole nitrogens is 1. The first-order valence-electron chi connectivity index (χ1n) is 5.87. The molecule has 1 heterocycles.